The number of hydrogen-bond donors (Lipinski definition) is 0. The van der Waals surface area contributed by atoms with Crippen molar-refractivity contribution < 1.29 is 14.0 Å². The van der Waals surface area contributed by atoms with E-state index in [1.807, 2.05) is 30.3 Å². The van der Waals surface area contributed by atoms with E-state index in [0.717, 1.165) is 29.1 Å². The van der Waals surface area contributed by atoms with Crippen molar-refractivity contribution in [3.05, 3.63) is 102 Å². The number of halogens is 1. The Morgan fingerprint density at radius 1 is 0.810 bits per heavy atom. The van der Waals surface area contributed by atoms with Gasteiger partial charge in [0.1, 0.15) is 12.4 Å². The third kappa shape index (κ3) is 7.00. The van der Waals surface area contributed by atoms with Gasteiger partial charge in [0.25, 0.3) is 5.91 Å². The van der Waals surface area contributed by atoms with Gasteiger partial charge in [-0.2, -0.15) is 0 Å². The largest absolute Gasteiger partial charge is 0.352 e. The van der Waals surface area contributed by atoms with Crippen molar-refractivity contribution in [1.29, 1.82) is 0 Å². The van der Waals surface area contributed by atoms with Crippen LogP contribution in [0.5, 0.6) is 0 Å². The second-order valence-corrected chi connectivity index (χ2v) is 10.8. The number of nitrogens with zero attached hydrogens (tertiary/aromatic N) is 5. The van der Waals surface area contributed by atoms with Gasteiger partial charge >= 0.3 is 0 Å². The van der Waals surface area contributed by atoms with Crippen LogP contribution in [0.1, 0.15) is 30.6 Å². The summed E-state index contributed by atoms with van der Waals surface area (Å²) in [5, 5.41) is 8.94. The number of anilines is 1. The van der Waals surface area contributed by atoms with Crippen molar-refractivity contribution in [2.24, 2.45) is 5.92 Å². The molecule has 3 aromatic carbocycles. The molecule has 0 radical (unpaired) electrons. The lowest BCUT2D eigenvalue weighted by molar-refractivity contribution is -0.132. The Hall–Kier alpha value is -4.59. The first-order chi connectivity index (χ1) is 20.4. The minimum atomic E-state index is -0.397. The van der Waals surface area contributed by atoms with Crippen molar-refractivity contribution in [2.45, 2.75) is 20.3 Å². The summed E-state index contributed by atoms with van der Waals surface area (Å²) in [4.78, 5) is 32.0. The van der Waals surface area contributed by atoms with Crippen molar-refractivity contribution in [3.63, 3.8) is 0 Å². The maximum absolute atomic E-state index is 13.4. The van der Waals surface area contributed by atoms with Crippen molar-refractivity contribution in [3.8, 4) is 22.4 Å². The Morgan fingerprint density at radius 3 is 2.07 bits per heavy atom. The minimum absolute atomic E-state index is 0.00187. The van der Waals surface area contributed by atoms with Gasteiger partial charge in [-0.3, -0.25) is 9.59 Å². The Labute approximate surface area is 246 Å². The third-order valence-corrected chi connectivity index (χ3v) is 7.83. The number of carbonyl (C=O) groups excluding carboxylic acids is 2. The van der Waals surface area contributed by atoms with E-state index >= 15 is 0 Å². The molecule has 1 aliphatic heterocycles. The van der Waals surface area contributed by atoms with Crippen LogP contribution < -0.4 is 4.90 Å². The first kappa shape index (κ1) is 28.9. The van der Waals surface area contributed by atoms with Gasteiger partial charge in [-0.25, -0.2) is 4.39 Å². The highest BCUT2D eigenvalue weighted by atomic mass is 19.1. The predicted octanol–water partition coefficient (Wildman–Crippen LogP) is 5.79. The number of carbonyl (C=O) groups is 2. The molecule has 7 nitrogen and oxygen atoms in total. The summed E-state index contributed by atoms with van der Waals surface area (Å²) in [5.41, 5.74) is 4.51. The van der Waals surface area contributed by atoms with E-state index in [1.54, 1.807) is 9.80 Å². The molecule has 216 valence electrons. The summed E-state index contributed by atoms with van der Waals surface area (Å²) in [5.74, 6) is 0.269. The Kier molecular flexibility index (Phi) is 9.21. The molecule has 8 heteroatoms. The van der Waals surface area contributed by atoms with Gasteiger partial charge in [-0.1, -0.05) is 74.9 Å². The topological polar surface area (TPSA) is 69.6 Å². The minimum Gasteiger partial charge on any atom is -0.352 e. The molecule has 0 N–H and O–H groups in total. The zero-order chi connectivity index (χ0) is 29.5. The first-order valence-corrected chi connectivity index (χ1v) is 14.5. The fourth-order valence-corrected chi connectivity index (χ4v) is 5.06. The van der Waals surface area contributed by atoms with Crippen molar-refractivity contribution in [2.75, 3.05) is 44.2 Å². The van der Waals surface area contributed by atoms with Crippen LogP contribution in [-0.2, 0) is 4.79 Å². The molecular formula is C34H36FN5O2. The molecular weight excluding hydrogens is 529 g/mol. The quantitative estimate of drug-likeness (QED) is 0.257. The van der Waals surface area contributed by atoms with Gasteiger partial charge in [-0.15, -0.1) is 10.2 Å². The van der Waals surface area contributed by atoms with E-state index in [1.165, 1.54) is 29.8 Å². The van der Waals surface area contributed by atoms with Gasteiger partial charge in [0.15, 0.2) is 5.82 Å². The smallest absolute Gasteiger partial charge is 0.254 e. The number of rotatable bonds is 9. The SMILES string of the molecule is CC[C@@H](C)CN(CC(=O)N1CCN(c2ccc(-c3ccc(-c4ccccc4)cc3)nn2)CC1)C(=O)c1ccc(F)cc1. The fourth-order valence-electron chi connectivity index (χ4n) is 5.06. The number of hydrogen-bond acceptors (Lipinski definition) is 5. The maximum atomic E-state index is 13.4. The fraction of sp³-hybridized carbons (Fsp3) is 0.294. The summed E-state index contributed by atoms with van der Waals surface area (Å²) < 4.78 is 13.4. The number of piperazine rings is 1. The molecule has 1 fully saturated rings. The zero-order valence-corrected chi connectivity index (χ0v) is 24.1. The van der Waals surface area contributed by atoms with E-state index in [0.29, 0.717) is 38.3 Å². The Balaban J connectivity index is 1.17. The number of amides is 2. The Bertz CT molecular complexity index is 1470. The number of aromatic nitrogens is 2. The molecule has 2 amide bonds. The average molecular weight is 566 g/mol. The molecule has 1 aliphatic rings. The number of benzene rings is 3. The lowest BCUT2D eigenvalue weighted by Crippen LogP contribution is -2.52. The monoisotopic (exact) mass is 565 g/mol. The second kappa shape index (κ2) is 13.4. The van der Waals surface area contributed by atoms with Crippen LogP contribution in [0.4, 0.5) is 10.2 Å². The molecule has 0 spiro atoms. The first-order valence-electron chi connectivity index (χ1n) is 14.5. The zero-order valence-electron chi connectivity index (χ0n) is 24.1. The molecule has 5 rings (SSSR count). The van der Waals surface area contributed by atoms with E-state index in [2.05, 4.69) is 65.3 Å². The van der Waals surface area contributed by atoms with Crippen LogP contribution in [-0.4, -0.2) is 71.1 Å². The Morgan fingerprint density at radius 2 is 1.45 bits per heavy atom. The average Bonchev–Trinajstić information content (AvgIpc) is 3.05. The highest BCUT2D eigenvalue weighted by molar-refractivity contribution is 5.96. The van der Waals surface area contributed by atoms with Crippen LogP contribution in [0.15, 0.2) is 91.0 Å². The molecule has 0 bridgehead atoms. The lowest BCUT2D eigenvalue weighted by Gasteiger charge is -2.36. The van der Waals surface area contributed by atoms with Crippen LogP contribution >= 0.6 is 0 Å². The van der Waals surface area contributed by atoms with E-state index in [4.69, 9.17) is 0 Å². The summed E-state index contributed by atoms with van der Waals surface area (Å²) in [6.07, 6.45) is 0.888. The molecule has 2 heterocycles. The van der Waals surface area contributed by atoms with Crippen molar-refractivity contribution >= 4 is 17.6 Å². The summed E-state index contributed by atoms with van der Waals surface area (Å²) in [6.45, 7) is 6.90. The van der Waals surface area contributed by atoms with E-state index < -0.39 is 5.82 Å². The standard InChI is InChI=1S/C34H36FN5O2/c1-3-25(2)23-40(34(42)29-13-15-30(35)16-14-29)24-33(41)39-21-19-38(20-22-39)32-18-17-31(36-37-32)28-11-9-27(10-12-28)26-7-5-4-6-8-26/h4-18,25H,3,19-24H2,1-2H3/t25-/m1/s1. The van der Waals surface area contributed by atoms with Crippen LogP contribution in [0.3, 0.4) is 0 Å². The molecule has 1 aromatic heterocycles. The summed E-state index contributed by atoms with van der Waals surface area (Å²) in [7, 11) is 0. The van der Waals surface area contributed by atoms with E-state index in [-0.39, 0.29) is 24.3 Å². The summed E-state index contributed by atoms with van der Waals surface area (Å²) in [6, 6.07) is 28.0. The van der Waals surface area contributed by atoms with Gasteiger partial charge in [0.2, 0.25) is 5.91 Å². The molecule has 0 aliphatic carbocycles. The molecule has 0 saturated carbocycles. The van der Waals surface area contributed by atoms with Crippen LogP contribution in [0.25, 0.3) is 22.4 Å². The third-order valence-electron chi connectivity index (χ3n) is 7.83. The van der Waals surface area contributed by atoms with Crippen LogP contribution in [0, 0.1) is 11.7 Å². The van der Waals surface area contributed by atoms with E-state index in [9.17, 15) is 14.0 Å². The maximum Gasteiger partial charge on any atom is 0.254 e. The van der Waals surface area contributed by atoms with Crippen molar-refractivity contribution in [1.82, 2.24) is 20.0 Å². The highest BCUT2D eigenvalue weighted by Gasteiger charge is 2.26. The normalized spacial score (nSPS) is 14.0. The van der Waals surface area contributed by atoms with Gasteiger partial charge < -0.3 is 14.7 Å². The lowest BCUT2D eigenvalue weighted by atomic mass is 10.0. The molecule has 4 aromatic rings. The molecule has 1 saturated heterocycles. The van der Waals surface area contributed by atoms with Crippen LogP contribution in [0.2, 0.25) is 0 Å². The van der Waals surface area contributed by atoms with Gasteiger partial charge in [0, 0.05) is 43.9 Å². The molecule has 0 unspecified atom stereocenters. The highest BCUT2D eigenvalue weighted by Crippen LogP contribution is 2.24. The van der Waals surface area contributed by atoms with Gasteiger partial charge in [-0.05, 0) is 53.4 Å². The second-order valence-electron chi connectivity index (χ2n) is 10.8. The molecule has 1 atom stereocenters. The summed E-state index contributed by atoms with van der Waals surface area (Å²) >= 11 is 0. The van der Waals surface area contributed by atoms with Gasteiger partial charge in [0.05, 0.1) is 5.69 Å². The predicted molar refractivity (Wildman–Crippen MR) is 163 cm³/mol. The molecule has 42 heavy (non-hydrogen) atoms.